The molecule has 0 bridgehead atoms. The van der Waals surface area contributed by atoms with Crippen LogP contribution in [0.1, 0.15) is 71.3 Å². The third-order valence-corrected chi connectivity index (χ3v) is 12.3. The van der Waals surface area contributed by atoms with E-state index in [9.17, 15) is 71.8 Å². The van der Waals surface area contributed by atoms with Gasteiger partial charge in [-0.15, -0.1) is 0 Å². The Kier molecular flexibility index (Phi) is 28.8. The molecular weight excluding hydrogens is 1030 g/mol. The average Bonchev–Trinajstić information content (AvgIpc) is 3.68. The van der Waals surface area contributed by atoms with Gasteiger partial charge in [-0.05, 0) is 51.3 Å². The Morgan fingerprint density at radius 2 is 1.37 bits per heavy atom. The number of benzene rings is 1. The summed E-state index contributed by atoms with van der Waals surface area (Å²) in [5.41, 5.74) is -0.220. The number of Topliss-reactive ketones (excluding diaryl/α,β-unsaturated/α-hetero) is 2. The Bertz CT molecular complexity index is 2200. The number of esters is 1. The predicted molar refractivity (Wildman–Crippen MR) is 266 cm³/mol. The molecule has 27 heteroatoms. The number of carbonyl (C=O) groups excluding carboxylic acids is 8. The number of imide groups is 1. The fourth-order valence-electron chi connectivity index (χ4n) is 7.30. The van der Waals surface area contributed by atoms with Crippen molar-refractivity contribution in [3.05, 3.63) is 35.9 Å². The Morgan fingerprint density at radius 1 is 0.737 bits per heavy atom. The SMILES string of the molecule is CC(C)(C)C(=O)OCc1ccc(O[C@@H]2C[C@H](CO)[C@H](O)[C@H](O)[C@H]2O)c(NC(=O)CCNC(=O)COCCNC(=O)[C@H](CC(=O)CCOCCOCCOCCOCCCC(=O)CCN2C(=O)C=CC2=O)CS(=O)(=O)O)c1. The van der Waals surface area contributed by atoms with Gasteiger partial charge in [0.05, 0.1) is 81.7 Å². The molecule has 1 aromatic carbocycles. The molecule has 1 heterocycles. The molecule has 26 nitrogen and oxygen atoms in total. The molecule has 0 spiro atoms. The molecule has 428 valence electrons. The molecule has 1 aliphatic heterocycles. The molecule has 8 N–H and O–H groups in total. The third-order valence-electron chi connectivity index (χ3n) is 11.5. The van der Waals surface area contributed by atoms with Gasteiger partial charge >= 0.3 is 5.97 Å². The van der Waals surface area contributed by atoms with Crippen molar-refractivity contribution >= 4 is 62.9 Å². The zero-order chi connectivity index (χ0) is 56.3. The fraction of sp³-hybridized carbons (Fsp3) is 0.673. The Hall–Kier alpha value is -5.33. The highest BCUT2D eigenvalue weighted by Gasteiger charge is 2.44. The lowest BCUT2D eigenvalue weighted by atomic mass is 9.81. The molecule has 0 unspecified atom stereocenters. The number of amides is 5. The summed E-state index contributed by atoms with van der Waals surface area (Å²) in [5.74, 6) is -7.17. The van der Waals surface area contributed by atoms with Gasteiger partial charge in [-0.1, -0.05) is 6.07 Å². The van der Waals surface area contributed by atoms with Gasteiger partial charge in [0, 0.05) is 83.0 Å². The fourth-order valence-corrected chi connectivity index (χ4v) is 8.08. The smallest absolute Gasteiger partial charge is 0.311 e. The Labute approximate surface area is 441 Å². The number of nitrogens with one attached hydrogen (secondary N) is 3. The van der Waals surface area contributed by atoms with Crippen LogP contribution >= 0.6 is 0 Å². The van der Waals surface area contributed by atoms with E-state index in [0.29, 0.717) is 31.8 Å². The molecule has 1 aromatic rings. The third kappa shape index (κ3) is 25.2. The van der Waals surface area contributed by atoms with E-state index in [1.165, 1.54) is 24.3 Å². The second-order valence-electron chi connectivity index (χ2n) is 18.9. The molecule has 0 aromatic heterocycles. The summed E-state index contributed by atoms with van der Waals surface area (Å²) in [4.78, 5) is 99.4. The van der Waals surface area contributed by atoms with Gasteiger partial charge in [0.25, 0.3) is 21.9 Å². The van der Waals surface area contributed by atoms with E-state index in [4.69, 9.17) is 33.2 Å². The summed E-state index contributed by atoms with van der Waals surface area (Å²) >= 11 is 0. The summed E-state index contributed by atoms with van der Waals surface area (Å²) in [6.45, 7) is 5.16. The highest BCUT2D eigenvalue weighted by Crippen LogP contribution is 2.33. The van der Waals surface area contributed by atoms with Crippen molar-refractivity contribution in [3.63, 3.8) is 0 Å². The van der Waals surface area contributed by atoms with Crippen molar-refractivity contribution in [2.75, 3.05) is 103 Å². The summed E-state index contributed by atoms with van der Waals surface area (Å²) < 4.78 is 71.0. The standard InChI is InChI=1S/C49H74N4O22S/c1-49(2,3)48(65)74-29-32-6-7-38(75-39-27-33(28-54)44(61)46(63)45(39)62)37(25-32)52-40(57)10-13-50-41(58)30-73-18-14-51-47(64)34(31-76(66,67)68)26-36(56)12-17-70-20-22-72-24-23-71-21-19-69-16-4-5-35(55)11-15-53-42(59)8-9-43(53)60/h6-9,25,33-34,39,44-46,54,61-63H,4-5,10-24,26-31H2,1-3H3,(H,50,58)(H,51,64)(H,52,57)(H,66,67,68)/t33-,34-,39-,44+,45+,46+/m1/s1. The van der Waals surface area contributed by atoms with E-state index in [1.54, 1.807) is 26.8 Å². The molecule has 0 saturated heterocycles. The minimum absolute atomic E-state index is 0.0325. The lowest BCUT2D eigenvalue weighted by Crippen LogP contribution is -2.56. The van der Waals surface area contributed by atoms with Crippen LogP contribution in [0, 0.1) is 17.3 Å². The number of ether oxygens (including phenoxy) is 7. The van der Waals surface area contributed by atoms with Crippen molar-refractivity contribution in [1.82, 2.24) is 15.5 Å². The van der Waals surface area contributed by atoms with E-state index in [-0.39, 0.29) is 115 Å². The van der Waals surface area contributed by atoms with E-state index in [0.717, 1.165) is 4.90 Å². The number of carbonyl (C=O) groups is 8. The molecule has 5 amide bonds. The van der Waals surface area contributed by atoms with Gasteiger partial charge in [0.2, 0.25) is 17.7 Å². The van der Waals surface area contributed by atoms with Crippen LogP contribution in [0.2, 0.25) is 0 Å². The largest absolute Gasteiger partial charge is 0.485 e. The maximum atomic E-state index is 13.0. The highest BCUT2D eigenvalue weighted by atomic mass is 32.2. The number of ketones is 2. The summed E-state index contributed by atoms with van der Waals surface area (Å²) in [5, 5.41) is 48.4. The van der Waals surface area contributed by atoms with Crippen molar-refractivity contribution in [1.29, 1.82) is 0 Å². The summed E-state index contributed by atoms with van der Waals surface area (Å²) in [6.07, 6.45) is -3.40. The first-order valence-corrected chi connectivity index (χ1v) is 26.5. The van der Waals surface area contributed by atoms with E-state index in [2.05, 4.69) is 16.0 Å². The molecule has 6 atom stereocenters. The molecule has 1 saturated carbocycles. The number of nitrogens with zero attached hydrogens (tertiary/aromatic N) is 1. The van der Waals surface area contributed by atoms with Gasteiger partial charge in [-0.3, -0.25) is 47.8 Å². The van der Waals surface area contributed by atoms with Crippen molar-refractivity contribution in [2.24, 2.45) is 17.3 Å². The van der Waals surface area contributed by atoms with Crippen molar-refractivity contribution in [2.45, 2.75) is 96.7 Å². The van der Waals surface area contributed by atoms with Crippen LogP contribution in [0.4, 0.5) is 5.69 Å². The van der Waals surface area contributed by atoms with Crippen molar-refractivity contribution in [3.8, 4) is 5.75 Å². The van der Waals surface area contributed by atoms with Crippen LogP contribution < -0.4 is 20.7 Å². The number of aliphatic hydroxyl groups excluding tert-OH is 4. The first kappa shape index (κ1) is 65.0. The second kappa shape index (κ2) is 33.7. The normalized spacial score (nSPS) is 19.1. The number of aliphatic hydroxyl groups is 4. The van der Waals surface area contributed by atoms with Crippen LogP contribution in [0.15, 0.2) is 30.4 Å². The molecular formula is C49H74N4O22S. The maximum Gasteiger partial charge on any atom is 0.311 e. The molecule has 76 heavy (non-hydrogen) atoms. The van der Waals surface area contributed by atoms with Crippen molar-refractivity contribution < 1.29 is 105 Å². The zero-order valence-electron chi connectivity index (χ0n) is 43.1. The summed E-state index contributed by atoms with van der Waals surface area (Å²) in [7, 11) is -4.66. The van der Waals surface area contributed by atoms with E-state index >= 15 is 0 Å². The van der Waals surface area contributed by atoms with Crippen LogP contribution in [-0.2, 0) is 83.5 Å². The zero-order valence-corrected chi connectivity index (χ0v) is 44.0. The molecule has 2 aliphatic rings. The first-order chi connectivity index (χ1) is 36.0. The van der Waals surface area contributed by atoms with Crippen LogP contribution in [-0.4, -0.2) is 208 Å². The lowest BCUT2D eigenvalue weighted by molar-refractivity contribution is -0.156. The number of hydrogen-bond donors (Lipinski definition) is 8. The number of rotatable bonds is 38. The quantitative estimate of drug-likeness (QED) is 0.0166. The Morgan fingerprint density at radius 3 is 1.99 bits per heavy atom. The number of hydrogen-bond acceptors (Lipinski definition) is 21. The maximum absolute atomic E-state index is 13.0. The number of anilines is 1. The molecule has 0 radical (unpaired) electrons. The van der Waals surface area contributed by atoms with Gasteiger partial charge in [0.1, 0.15) is 48.8 Å². The first-order valence-electron chi connectivity index (χ1n) is 24.9. The van der Waals surface area contributed by atoms with Gasteiger partial charge < -0.3 is 69.5 Å². The minimum Gasteiger partial charge on any atom is -0.485 e. The van der Waals surface area contributed by atoms with Crippen LogP contribution in [0.5, 0.6) is 5.75 Å². The van der Waals surface area contributed by atoms with E-state index < -0.39 is 118 Å². The lowest BCUT2D eigenvalue weighted by Gasteiger charge is -2.39. The monoisotopic (exact) mass is 1100 g/mol. The van der Waals surface area contributed by atoms with Gasteiger partial charge in [-0.2, -0.15) is 8.42 Å². The molecule has 1 aliphatic carbocycles. The second-order valence-corrected chi connectivity index (χ2v) is 20.4. The molecule has 3 rings (SSSR count). The Balaban J connectivity index is 1.27. The average molecular weight is 1100 g/mol. The van der Waals surface area contributed by atoms with Crippen LogP contribution in [0.3, 0.4) is 0 Å². The van der Waals surface area contributed by atoms with Crippen LogP contribution in [0.25, 0.3) is 0 Å². The van der Waals surface area contributed by atoms with Gasteiger partial charge in [-0.25, -0.2) is 0 Å². The molecule has 1 fully saturated rings. The van der Waals surface area contributed by atoms with Gasteiger partial charge in [0.15, 0.2) is 0 Å². The highest BCUT2D eigenvalue weighted by molar-refractivity contribution is 7.85. The topological polar surface area (TPSA) is 376 Å². The predicted octanol–water partition coefficient (Wildman–Crippen LogP) is -1.22. The summed E-state index contributed by atoms with van der Waals surface area (Å²) in [6, 6.07) is 4.50. The minimum atomic E-state index is -4.66. The van der Waals surface area contributed by atoms with E-state index in [1.807, 2.05) is 0 Å².